The van der Waals surface area contributed by atoms with E-state index in [2.05, 4.69) is 16.1 Å². The quantitative estimate of drug-likeness (QED) is 0.192. The predicted molar refractivity (Wildman–Crippen MR) is 39.0 cm³/mol. The highest BCUT2D eigenvalue weighted by Crippen LogP contribution is 1.79. The predicted octanol–water partition coefficient (Wildman–Crippen LogP) is -0.374. The number of nitrogens with two attached hydrogens (primary N) is 1. The van der Waals surface area contributed by atoms with Gasteiger partial charge in [0.25, 0.3) is 0 Å². The molecule has 5 heteroatoms. The van der Waals surface area contributed by atoms with Crippen molar-refractivity contribution in [3.8, 4) is 0 Å². The van der Waals surface area contributed by atoms with Gasteiger partial charge < -0.3 is 15.2 Å². The van der Waals surface area contributed by atoms with Crippen LogP contribution < -0.4 is 5.73 Å². The van der Waals surface area contributed by atoms with E-state index in [1.165, 1.54) is 6.26 Å². The minimum atomic E-state index is -0.835. The van der Waals surface area contributed by atoms with Crippen molar-refractivity contribution in [2.24, 2.45) is 5.73 Å². The first-order chi connectivity index (χ1) is 5.18. The van der Waals surface area contributed by atoms with Gasteiger partial charge in [-0.1, -0.05) is 6.58 Å². The Kier molecular flexibility index (Phi) is 4.55. The fourth-order valence-corrected chi connectivity index (χ4v) is 0.344. The Morgan fingerprint density at radius 1 is 1.64 bits per heavy atom. The Bertz CT molecular complexity index is 167. The molecule has 0 rings (SSSR count). The molecule has 0 spiro atoms. The van der Waals surface area contributed by atoms with Crippen molar-refractivity contribution in [2.45, 2.75) is 0 Å². The number of amidine groups is 1. The zero-order chi connectivity index (χ0) is 8.69. The number of carbonyl (C=O) groups excluding carboxylic acids is 1. The fraction of sp³-hybridized carbons (Fsp3) is 0.333. The van der Waals surface area contributed by atoms with Gasteiger partial charge in [-0.15, -0.1) is 0 Å². The van der Waals surface area contributed by atoms with Crippen LogP contribution in [0.3, 0.4) is 0 Å². The lowest BCUT2D eigenvalue weighted by Crippen LogP contribution is -2.25. The zero-order valence-electron chi connectivity index (χ0n) is 6.00. The molecular weight excluding hydrogens is 148 g/mol. The highest BCUT2D eigenvalue weighted by molar-refractivity contribution is 6.33. The topological polar surface area (TPSA) is 85.4 Å². The fourth-order valence-electron chi connectivity index (χ4n) is 0.344. The van der Waals surface area contributed by atoms with Crippen LogP contribution in [0.4, 0.5) is 0 Å². The summed E-state index contributed by atoms with van der Waals surface area (Å²) in [5.74, 6) is -1.44. The Morgan fingerprint density at radius 2 is 2.27 bits per heavy atom. The molecule has 0 bridgehead atoms. The third kappa shape index (κ3) is 4.95. The van der Waals surface area contributed by atoms with Crippen LogP contribution in [0.2, 0.25) is 0 Å². The first-order valence-corrected chi connectivity index (χ1v) is 2.92. The lowest BCUT2D eigenvalue weighted by Gasteiger charge is -2.01. The summed E-state index contributed by atoms with van der Waals surface area (Å²) < 4.78 is 9.08. The third-order valence-corrected chi connectivity index (χ3v) is 0.772. The van der Waals surface area contributed by atoms with Crippen LogP contribution in [0.1, 0.15) is 0 Å². The van der Waals surface area contributed by atoms with Gasteiger partial charge in [0, 0.05) is 0 Å². The van der Waals surface area contributed by atoms with E-state index in [9.17, 15) is 4.79 Å². The molecule has 0 heterocycles. The second kappa shape index (κ2) is 5.28. The van der Waals surface area contributed by atoms with Crippen molar-refractivity contribution in [2.75, 3.05) is 13.2 Å². The van der Waals surface area contributed by atoms with Gasteiger partial charge in [0.05, 0.1) is 6.26 Å². The van der Waals surface area contributed by atoms with Crippen LogP contribution in [0.5, 0.6) is 0 Å². The molecule has 0 fully saturated rings. The van der Waals surface area contributed by atoms with E-state index in [-0.39, 0.29) is 13.2 Å². The summed E-state index contributed by atoms with van der Waals surface area (Å²) in [4.78, 5) is 10.5. The molecule has 0 saturated heterocycles. The number of nitrogens with one attached hydrogen (secondary N) is 1. The molecule has 0 aromatic heterocycles. The molecule has 5 nitrogen and oxygen atoms in total. The maximum absolute atomic E-state index is 10.5. The number of esters is 1. The van der Waals surface area contributed by atoms with E-state index in [1.54, 1.807) is 0 Å². The summed E-state index contributed by atoms with van der Waals surface area (Å²) >= 11 is 0. The van der Waals surface area contributed by atoms with E-state index in [1.807, 2.05) is 0 Å². The van der Waals surface area contributed by atoms with Gasteiger partial charge in [-0.3, -0.25) is 5.41 Å². The minimum absolute atomic E-state index is 0.0738. The Morgan fingerprint density at radius 3 is 2.73 bits per heavy atom. The Balaban J connectivity index is 3.31. The first-order valence-electron chi connectivity index (χ1n) is 2.92. The average molecular weight is 158 g/mol. The Labute approximate surface area is 64.3 Å². The molecule has 0 amide bonds. The average Bonchev–Trinajstić information content (AvgIpc) is 1.97. The molecule has 0 unspecified atom stereocenters. The van der Waals surface area contributed by atoms with Crippen LogP contribution in [-0.4, -0.2) is 25.0 Å². The van der Waals surface area contributed by atoms with E-state index < -0.39 is 11.8 Å². The van der Waals surface area contributed by atoms with Gasteiger partial charge in [-0.25, -0.2) is 4.79 Å². The maximum Gasteiger partial charge on any atom is 0.373 e. The second-order valence-corrected chi connectivity index (χ2v) is 1.59. The largest absolute Gasteiger partial charge is 0.498 e. The summed E-state index contributed by atoms with van der Waals surface area (Å²) in [5, 5.41) is 6.62. The molecule has 3 N–H and O–H groups in total. The summed E-state index contributed by atoms with van der Waals surface area (Å²) in [7, 11) is 0. The second-order valence-electron chi connectivity index (χ2n) is 1.59. The van der Waals surface area contributed by atoms with E-state index in [0.29, 0.717) is 0 Å². The third-order valence-electron chi connectivity index (χ3n) is 0.772. The lowest BCUT2D eigenvalue weighted by molar-refractivity contribution is -0.136. The van der Waals surface area contributed by atoms with Gasteiger partial charge >= 0.3 is 5.97 Å². The van der Waals surface area contributed by atoms with E-state index in [4.69, 9.17) is 11.1 Å². The minimum Gasteiger partial charge on any atom is -0.498 e. The molecule has 0 aliphatic carbocycles. The van der Waals surface area contributed by atoms with Crippen molar-refractivity contribution >= 4 is 11.8 Å². The maximum atomic E-state index is 10.5. The van der Waals surface area contributed by atoms with Gasteiger partial charge in [-0.2, -0.15) is 0 Å². The van der Waals surface area contributed by atoms with Crippen LogP contribution >= 0.6 is 0 Å². The summed E-state index contributed by atoms with van der Waals surface area (Å²) in [6, 6.07) is 0. The van der Waals surface area contributed by atoms with Crippen LogP contribution in [0.15, 0.2) is 12.8 Å². The summed E-state index contributed by atoms with van der Waals surface area (Å²) in [5.41, 5.74) is 4.80. The van der Waals surface area contributed by atoms with Crippen LogP contribution in [-0.2, 0) is 14.3 Å². The van der Waals surface area contributed by atoms with E-state index in [0.717, 1.165) is 0 Å². The van der Waals surface area contributed by atoms with Crippen molar-refractivity contribution in [1.82, 2.24) is 0 Å². The molecule has 0 radical (unpaired) electrons. The zero-order valence-corrected chi connectivity index (χ0v) is 6.00. The molecule has 0 aliphatic rings. The monoisotopic (exact) mass is 158 g/mol. The molecule has 0 aliphatic heterocycles. The highest BCUT2D eigenvalue weighted by atomic mass is 16.6. The number of ether oxygens (including phenoxy) is 2. The van der Waals surface area contributed by atoms with Gasteiger partial charge in [-0.05, 0) is 0 Å². The number of rotatable bonds is 4. The molecule has 62 valence electrons. The number of hydrogen-bond donors (Lipinski definition) is 2. The first kappa shape index (κ1) is 9.48. The summed E-state index contributed by atoms with van der Waals surface area (Å²) in [6.45, 7) is 3.58. The Hall–Kier alpha value is -1.52. The highest BCUT2D eigenvalue weighted by Gasteiger charge is 2.04. The summed E-state index contributed by atoms with van der Waals surface area (Å²) in [6.07, 6.45) is 1.24. The standard InChI is InChI=1S/C6H10N2O3/c1-2-10-3-4-11-6(9)5(7)8/h2H,1,3-4H2,(H3,7,8). The van der Waals surface area contributed by atoms with E-state index >= 15 is 0 Å². The van der Waals surface area contributed by atoms with Gasteiger partial charge in [0.2, 0.25) is 5.84 Å². The van der Waals surface area contributed by atoms with Crippen molar-refractivity contribution in [3.63, 3.8) is 0 Å². The molecule has 0 atom stereocenters. The number of carbonyl (C=O) groups is 1. The normalized spacial score (nSPS) is 8.36. The van der Waals surface area contributed by atoms with Gasteiger partial charge in [0.1, 0.15) is 13.2 Å². The van der Waals surface area contributed by atoms with Crippen LogP contribution in [0.25, 0.3) is 0 Å². The smallest absolute Gasteiger partial charge is 0.373 e. The molecular formula is C6H10N2O3. The van der Waals surface area contributed by atoms with Gasteiger partial charge in [0.15, 0.2) is 0 Å². The van der Waals surface area contributed by atoms with Crippen molar-refractivity contribution in [1.29, 1.82) is 5.41 Å². The molecule has 11 heavy (non-hydrogen) atoms. The molecule has 0 aromatic carbocycles. The van der Waals surface area contributed by atoms with Crippen molar-refractivity contribution < 1.29 is 14.3 Å². The van der Waals surface area contributed by atoms with Crippen LogP contribution in [0, 0.1) is 5.41 Å². The number of hydrogen-bond acceptors (Lipinski definition) is 4. The molecule has 0 aromatic rings. The lowest BCUT2D eigenvalue weighted by atomic mass is 10.6. The van der Waals surface area contributed by atoms with Crippen molar-refractivity contribution in [3.05, 3.63) is 12.8 Å². The molecule has 0 saturated carbocycles. The SMILES string of the molecule is C=COCCOC(=O)C(=N)N.